The van der Waals surface area contributed by atoms with Gasteiger partial charge in [0.1, 0.15) is 0 Å². The molecule has 2 saturated heterocycles. The van der Waals surface area contributed by atoms with Crippen molar-refractivity contribution in [2.45, 2.75) is 12.8 Å². The smallest absolute Gasteiger partial charge is 0.253 e. The molecule has 3 amide bonds. The zero-order valence-corrected chi connectivity index (χ0v) is 14.8. The lowest BCUT2D eigenvalue weighted by atomic mass is 9.94. The lowest BCUT2D eigenvalue weighted by Gasteiger charge is -2.37. The van der Waals surface area contributed by atoms with E-state index in [1.165, 1.54) is 0 Å². The van der Waals surface area contributed by atoms with Crippen LogP contribution in [0.4, 0.5) is 0 Å². The van der Waals surface area contributed by atoms with E-state index in [-0.39, 0.29) is 17.7 Å². The number of piperidine rings is 1. The third-order valence-corrected chi connectivity index (χ3v) is 5.25. The summed E-state index contributed by atoms with van der Waals surface area (Å²) in [6, 6.07) is 6.89. The van der Waals surface area contributed by atoms with Crippen LogP contribution in [0.1, 0.15) is 23.2 Å². The quantitative estimate of drug-likeness (QED) is 0.764. The number of piperazine rings is 1. The van der Waals surface area contributed by atoms with Crippen molar-refractivity contribution in [1.82, 2.24) is 14.7 Å². The van der Waals surface area contributed by atoms with Gasteiger partial charge >= 0.3 is 0 Å². The van der Waals surface area contributed by atoms with E-state index in [0.29, 0.717) is 62.7 Å². The highest BCUT2D eigenvalue weighted by atomic mass is 35.5. The topological polar surface area (TPSA) is 60.9 Å². The molecule has 0 radical (unpaired) electrons. The molecule has 7 heteroatoms. The minimum atomic E-state index is -0.0305. The fourth-order valence-corrected chi connectivity index (χ4v) is 3.54. The van der Waals surface area contributed by atoms with E-state index in [1.54, 1.807) is 34.1 Å². The molecular weight excluding hydrogens is 342 g/mol. The van der Waals surface area contributed by atoms with Crippen LogP contribution in [0.5, 0.6) is 0 Å². The summed E-state index contributed by atoms with van der Waals surface area (Å²) < 4.78 is 0. The van der Waals surface area contributed by atoms with Gasteiger partial charge in [-0.25, -0.2) is 0 Å². The maximum atomic E-state index is 12.6. The number of carbonyl (C=O) groups is 3. The van der Waals surface area contributed by atoms with E-state index in [0.717, 1.165) is 6.41 Å². The highest BCUT2D eigenvalue weighted by Gasteiger charge is 2.31. The monoisotopic (exact) mass is 363 g/mol. The SMILES string of the molecule is O=CN1CCN(C(=O)C2CCN(C(=O)c3ccc(Cl)cc3)CC2)CC1. The second-order valence-electron chi connectivity index (χ2n) is 6.54. The Kier molecular flexibility index (Phi) is 5.58. The highest BCUT2D eigenvalue weighted by molar-refractivity contribution is 6.30. The number of rotatable bonds is 3. The van der Waals surface area contributed by atoms with Crippen molar-refractivity contribution in [3.05, 3.63) is 34.9 Å². The minimum Gasteiger partial charge on any atom is -0.342 e. The molecule has 3 rings (SSSR count). The van der Waals surface area contributed by atoms with Gasteiger partial charge in [0.15, 0.2) is 0 Å². The van der Waals surface area contributed by atoms with Crippen LogP contribution in [0.15, 0.2) is 24.3 Å². The minimum absolute atomic E-state index is 0.0119. The maximum absolute atomic E-state index is 12.6. The Hall–Kier alpha value is -2.08. The summed E-state index contributed by atoms with van der Waals surface area (Å²) >= 11 is 5.86. The predicted molar refractivity (Wildman–Crippen MR) is 94.3 cm³/mol. The van der Waals surface area contributed by atoms with Gasteiger partial charge in [-0.1, -0.05) is 11.6 Å². The molecule has 2 heterocycles. The van der Waals surface area contributed by atoms with Gasteiger partial charge in [-0.15, -0.1) is 0 Å². The first-order valence-electron chi connectivity index (χ1n) is 8.61. The summed E-state index contributed by atoms with van der Waals surface area (Å²) in [6.07, 6.45) is 2.21. The van der Waals surface area contributed by atoms with Crippen LogP contribution in [-0.2, 0) is 9.59 Å². The number of hydrogen-bond donors (Lipinski definition) is 0. The number of hydrogen-bond acceptors (Lipinski definition) is 3. The summed E-state index contributed by atoms with van der Waals surface area (Å²) in [5.41, 5.74) is 0.624. The lowest BCUT2D eigenvalue weighted by molar-refractivity contribution is -0.140. The van der Waals surface area contributed by atoms with Crippen LogP contribution in [-0.4, -0.2) is 72.2 Å². The van der Waals surface area contributed by atoms with Gasteiger partial charge in [0.25, 0.3) is 5.91 Å². The number of benzene rings is 1. The van der Waals surface area contributed by atoms with Gasteiger partial charge in [-0.05, 0) is 37.1 Å². The van der Waals surface area contributed by atoms with E-state index in [2.05, 4.69) is 0 Å². The molecule has 0 N–H and O–H groups in total. The summed E-state index contributed by atoms with van der Waals surface area (Å²) in [5.74, 6) is 0.114. The molecule has 25 heavy (non-hydrogen) atoms. The van der Waals surface area contributed by atoms with Crippen LogP contribution >= 0.6 is 11.6 Å². The Morgan fingerprint density at radius 3 is 2.08 bits per heavy atom. The third-order valence-electron chi connectivity index (χ3n) is 5.00. The molecule has 2 aliphatic rings. The summed E-state index contributed by atoms with van der Waals surface area (Å²) in [5, 5.41) is 0.607. The van der Waals surface area contributed by atoms with Crippen molar-refractivity contribution in [3.63, 3.8) is 0 Å². The summed E-state index contributed by atoms with van der Waals surface area (Å²) in [7, 11) is 0. The molecule has 0 aliphatic carbocycles. The average molecular weight is 364 g/mol. The molecule has 1 aromatic rings. The van der Waals surface area contributed by atoms with Gasteiger partial charge in [0, 0.05) is 55.8 Å². The van der Waals surface area contributed by atoms with Gasteiger partial charge in [-0.3, -0.25) is 14.4 Å². The maximum Gasteiger partial charge on any atom is 0.253 e. The molecule has 6 nitrogen and oxygen atoms in total. The number of halogens is 1. The molecule has 2 aliphatic heterocycles. The van der Waals surface area contributed by atoms with E-state index >= 15 is 0 Å². The van der Waals surface area contributed by atoms with Crippen molar-refractivity contribution in [1.29, 1.82) is 0 Å². The zero-order chi connectivity index (χ0) is 17.8. The Labute approximate surface area is 152 Å². The molecule has 0 unspecified atom stereocenters. The second kappa shape index (κ2) is 7.87. The van der Waals surface area contributed by atoms with E-state index in [9.17, 15) is 14.4 Å². The van der Waals surface area contributed by atoms with E-state index in [1.807, 2.05) is 4.90 Å². The fraction of sp³-hybridized carbons (Fsp3) is 0.500. The van der Waals surface area contributed by atoms with E-state index < -0.39 is 0 Å². The second-order valence-corrected chi connectivity index (χ2v) is 6.98. The summed E-state index contributed by atoms with van der Waals surface area (Å²) in [6.45, 7) is 3.58. The Morgan fingerprint density at radius 2 is 1.52 bits per heavy atom. The molecule has 0 spiro atoms. The molecule has 0 saturated carbocycles. The first kappa shape index (κ1) is 17.7. The third kappa shape index (κ3) is 4.12. The van der Waals surface area contributed by atoms with Gasteiger partial charge < -0.3 is 14.7 Å². The molecule has 0 aromatic heterocycles. The van der Waals surface area contributed by atoms with Crippen molar-refractivity contribution >= 4 is 29.8 Å². The normalized spacial score (nSPS) is 19.0. The molecular formula is C18H22ClN3O3. The molecule has 0 atom stereocenters. The van der Waals surface area contributed by atoms with Crippen LogP contribution < -0.4 is 0 Å². The summed E-state index contributed by atoms with van der Waals surface area (Å²) in [4.78, 5) is 41.2. The highest BCUT2D eigenvalue weighted by Crippen LogP contribution is 2.22. The Balaban J connectivity index is 1.51. The van der Waals surface area contributed by atoms with Crippen molar-refractivity contribution in [3.8, 4) is 0 Å². The largest absolute Gasteiger partial charge is 0.342 e. The number of carbonyl (C=O) groups excluding carboxylic acids is 3. The van der Waals surface area contributed by atoms with Crippen molar-refractivity contribution in [2.24, 2.45) is 5.92 Å². The molecule has 1 aromatic carbocycles. The van der Waals surface area contributed by atoms with Crippen LogP contribution in [0.2, 0.25) is 5.02 Å². The van der Waals surface area contributed by atoms with Gasteiger partial charge in [0.2, 0.25) is 12.3 Å². The van der Waals surface area contributed by atoms with Crippen molar-refractivity contribution < 1.29 is 14.4 Å². The first-order valence-corrected chi connectivity index (χ1v) is 8.99. The standard InChI is InChI=1S/C18H22ClN3O3/c19-16-3-1-14(2-4-16)17(24)21-7-5-15(6-8-21)18(25)22-11-9-20(13-23)10-12-22/h1-4,13,15H,5-12H2. The molecule has 0 bridgehead atoms. The van der Waals surface area contributed by atoms with Crippen molar-refractivity contribution in [2.75, 3.05) is 39.3 Å². The number of nitrogens with zero attached hydrogens (tertiary/aromatic N) is 3. The zero-order valence-electron chi connectivity index (χ0n) is 14.1. The fourth-order valence-electron chi connectivity index (χ4n) is 3.41. The number of amides is 3. The van der Waals surface area contributed by atoms with Crippen LogP contribution in [0.3, 0.4) is 0 Å². The van der Waals surface area contributed by atoms with Crippen LogP contribution in [0, 0.1) is 5.92 Å². The first-order chi connectivity index (χ1) is 12.1. The molecule has 134 valence electrons. The average Bonchev–Trinajstić information content (AvgIpc) is 2.67. The predicted octanol–water partition coefficient (Wildman–Crippen LogP) is 1.49. The number of likely N-dealkylation sites (tertiary alicyclic amines) is 1. The Morgan fingerprint density at radius 1 is 0.920 bits per heavy atom. The van der Waals surface area contributed by atoms with E-state index in [4.69, 9.17) is 11.6 Å². The molecule has 2 fully saturated rings. The van der Waals surface area contributed by atoms with Gasteiger partial charge in [0.05, 0.1) is 0 Å². The Bertz CT molecular complexity index is 633. The van der Waals surface area contributed by atoms with Crippen LogP contribution in [0.25, 0.3) is 0 Å². The lowest BCUT2D eigenvalue weighted by Crippen LogP contribution is -2.51. The van der Waals surface area contributed by atoms with Gasteiger partial charge in [-0.2, -0.15) is 0 Å².